The molecule has 0 atom stereocenters. The largest absolute Gasteiger partial charge is 0.573 e. The molecule has 0 aliphatic rings. The Kier molecular flexibility index (Phi) is 5.82. The van der Waals surface area contributed by atoms with Crippen LogP contribution in [0, 0.1) is 0 Å². The van der Waals surface area contributed by atoms with Crippen LogP contribution in [0.15, 0.2) is 24.3 Å². The van der Waals surface area contributed by atoms with Gasteiger partial charge < -0.3 is 9.47 Å². The molecule has 0 N–H and O–H groups in total. The maximum absolute atomic E-state index is 11.9. The summed E-state index contributed by atoms with van der Waals surface area (Å²) >= 11 is 0. The Bertz CT molecular complexity index is 399. The monoisotopic (exact) mass is 276 g/mol. The van der Waals surface area contributed by atoms with Gasteiger partial charge in [0, 0.05) is 19.4 Å². The Morgan fingerprint density at radius 3 is 2.37 bits per heavy atom. The van der Waals surface area contributed by atoms with Gasteiger partial charge in [-0.25, -0.2) is 0 Å². The van der Waals surface area contributed by atoms with Crippen LogP contribution >= 0.6 is 0 Å². The predicted molar refractivity (Wildman–Crippen MR) is 62.9 cm³/mol. The van der Waals surface area contributed by atoms with Crippen molar-refractivity contribution in [3.8, 4) is 5.75 Å². The fourth-order valence-electron chi connectivity index (χ4n) is 1.46. The fraction of sp³-hybridized carbons (Fsp3) is 0.462. The Morgan fingerprint density at radius 1 is 1.21 bits per heavy atom. The molecule has 0 amide bonds. The highest BCUT2D eigenvalue weighted by molar-refractivity contribution is 5.80. The highest BCUT2D eigenvalue weighted by Gasteiger charge is 2.30. The Labute approximate surface area is 109 Å². The number of halogens is 3. The molecule has 0 aromatic heterocycles. The smallest absolute Gasteiger partial charge is 0.406 e. The quantitative estimate of drug-likeness (QED) is 0.718. The third kappa shape index (κ3) is 6.81. The number of carbonyl (C=O) groups excluding carboxylic acids is 1. The number of Topliss-reactive ketones (excluding diaryl/α,β-unsaturated/α-hetero) is 1. The Balaban J connectivity index is 2.46. The standard InChI is InChI=1S/C13H15F3O3/c1-2-18-8-7-11(17)9-10-3-5-12(6-4-10)19-13(14,15)16/h3-6H,2,7-9H2,1H3. The van der Waals surface area contributed by atoms with Crippen LogP contribution in [0.4, 0.5) is 13.2 Å². The maximum Gasteiger partial charge on any atom is 0.573 e. The minimum absolute atomic E-state index is 0.0158. The van der Waals surface area contributed by atoms with Crippen molar-refractivity contribution in [1.29, 1.82) is 0 Å². The van der Waals surface area contributed by atoms with Gasteiger partial charge in [0.15, 0.2) is 0 Å². The second-order valence-electron chi connectivity index (χ2n) is 3.85. The van der Waals surface area contributed by atoms with E-state index in [2.05, 4.69) is 4.74 Å². The molecule has 0 saturated heterocycles. The number of rotatable bonds is 7. The fourth-order valence-corrected chi connectivity index (χ4v) is 1.46. The lowest BCUT2D eigenvalue weighted by Crippen LogP contribution is -2.17. The van der Waals surface area contributed by atoms with E-state index in [0.29, 0.717) is 25.2 Å². The first kappa shape index (κ1) is 15.5. The Morgan fingerprint density at radius 2 is 1.84 bits per heavy atom. The van der Waals surface area contributed by atoms with Crippen LogP contribution in [0.2, 0.25) is 0 Å². The van der Waals surface area contributed by atoms with Crippen molar-refractivity contribution in [3.05, 3.63) is 29.8 Å². The van der Waals surface area contributed by atoms with Gasteiger partial charge in [0.2, 0.25) is 0 Å². The molecular formula is C13H15F3O3. The van der Waals surface area contributed by atoms with Gasteiger partial charge in [0.1, 0.15) is 11.5 Å². The molecule has 0 fully saturated rings. The Hall–Kier alpha value is -1.56. The number of alkyl halides is 3. The third-order valence-electron chi connectivity index (χ3n) is 2.29. The summed E-state index contributed by atoms with van der Waals surface area (Å²) < 4.78 is 44.6. The first-order valence-electron chi connectivity index (χ1n) is 5.85. The topological polar surface area (TPSA) is 35.5 Å². The minimum atomic E-state index is -4.70. The summed E-state index contributed by atoms with van der Waals surface area (Å²) in [5.41, 5.74) is 0.649. The summed E-state index contributed by atoms with van der Waals surface area (Å²) in [6.45, 7) is 2.76. The molecule has 0 aliphatic heterocycles. The summed E-state index contributed by atoms with van der Waals surface area (Å²) in [4.78, 5) is 11.5. The molecule has 1 aromatic carbocycles. The lowest BCUT2D eigenvalue weighted by Gasteiger charge is -2.09. The van der Waals surface area contributed by atoms with E-state index >= 15 is 0 Å². The molecule has 0 radical (unpaired) electrons. The lowest BCUT2D eigenvalue weighted by atomic mass is 10.1. The predicted octanol–water partition coefficient (Wildman–Crippen LogP) is 3.12. The van der Waals surface area contributed by atoms with Crippen LogP contribution in [-0.4, -0.2) is 25.4 Å². The van der Waals surface area contributed by atoms with Crippen LogP contribution in [0.3, 0.4) is 0 Å². The van der Waals surface area contributed by atoms with Crippen molar-refractivity contribution < 1.29 is 27.4 Å². The average Bonchev–Trinajstić information content (AvgIpc) is 2.30. The number of ketones is 1. The lowest BCUT2D eigenvalue weighted by molar-refractivity contribution is -0.274. The molecule has 19 heavy (non-hydrogen) atoms. The van der Waals surface area contributed by atoms with E-state index < -0.39 is 6.36 Å². The van der Waals surface area contributed by atoms with Crippen LogP contribution in [-0.2, 0) is 16.0 Å². The molecule has 6 heteroatoms. The van der Waals surface area contributed by atoms with Gasteiger partial charge >= 0.3 is 6.36 Å². The minimum Gasteiger partial charge on any atom is -0.406 e. The van der Waals surface area contributed by atoms with E-state index in [9.17, 15) is 18.0 Å². The van der Waals surface area contributed by atoms with Crippen LogP contribution < -0.4 is 4.74 Å². The van der Waals surface area contributed by atoms with Gasteiger partial charge in [-0.1, -0.05) is 12.1 Å². The SMILES string of the molecule is CCOCCC(=O)Cc1ccc(OC(F)(F)F)cc1. The molecule has 0 heterocycles. The van der Waals surface area contributed by atoms with Crippen molar-refractivity contribution in [2.45, 2.75) is 26.1 Å². The first-order valence-corrected chi connectivity index (χ1v) is 5.85. The second kappa shape index (κ2) is 7.13. The number of benzene rings is 1. The third-order valence-corrected chi connectivity index (χ3v) is 2.29. The number of ether oxygens (including phenoxy) is 2. The maximum atomic E-state index is 11.9. The van der Waals surface area contributed by atoms with Gasteiger partial charge in [0.05, 0.1) is 6.61 Å². The summed E-state index contributed by atoms with van der Waals surface area (Å²) in [6, 6.07) is 5.27. The molecular weight excluding hydrogens is 261 g/mol. The number of hydrogen-bond acceptors (Lipinski definition) is 3. The summed E-state index contributed by atoms with van der Waals surface area (Å²) in [5.74, 6) is -0.309. The van der Waals surface area contributed by atoms with E-state index in [1.54, 1.807) is 0 Å². The van der Waals surface area contributed by atoms with Crippen LogP contribution in [0.5, 0.6) is 5.75 Å². The van der Waals surface area contributed by atoms with E-state index in [4.69, 9.17) is 4.74 Å². The molecule has 106 valence electrons. The van der Waals surface area contributed by atoms with Crippen LogP contribution in [0.1, 0.15) is 18.9 Å². The van der Waals surface area contributed by atoms with E-state index in [1.165, 1.54) is 24.3 Å². The van der Waals surface area contributed by atoms with Crippen molar-refractivity contribution in [2.75, 3.05) is 13.2 Å². The van der Waals surface area contributed by atoms with Gasteiger partial charge in [-0.15, -0.1) is 13.2 Å². The molecule has 0 spiro atoms. The van der Waals surface area contributed by atoms with Crippen molar-refractivity contribution in [3.63, 3.8) is 0 Å². The zero-order chi connectivity index (χ0) is 14.3. The molecule has 3 nitrogen and oxygen atoms in total. The van der Waals surface area contributed by atoms with Crippen LogP contribution in [0.25, 0.3) is 0 Å². The van der Waals surface area contributed by atoms with Crippen molar-refractivity contribution in [2.24, 2.45) is 0 Å². The summed E-state index contributed by atoms with van der Waals surface area (Å²) in [7, 11) is 0. The van der Waals surface area contributed by atoms with Gasteiger partial charge in [-0.2, -0.15) is 0 Å². The normalized spacial score (nSPS) is 11.4. The summed E-state index contributed by atoms with van der Waals surface area (Å²) in [6.07, 6.45) is -4.22. The molecule has 1 aromatic rings. The van der Waals surface area contributed by atoms with E-state index in [1.807, 2.05) is 6.92 Å². The molecule has 0 bridgehead atoms. The summed E-state index contributed by atoms with van der Waals surface area (Å²) in [5, 5.41) is 0. The highest BCUT2D eigenvalue weighted by atomic mass is 19.4. The zero-order valence-electron chi connectivity index (χ0n) is 10.5. The average molecular weight is 276 g/mol. The first-order chi connectivity index (χ1) is 8.90. The molecule has 0 saturated carbocycles. The second-order valence-corrected chi connectivity index (χ2v) is 3.85. The van der Waals surface area contributed by atoms with E-state index in [0.717, 1.165) is 0 Å². The van der Waals surface area contributed by atoms with Crippen molar-refractivity contribution in [1.82, 2.24) is 0 Å². The molecule has 0 unspecified atom stereocenters. The van der Waals surface area contributed by atoms with Crippen molar-refractivity contribution >= 4 is 5.78 Å². The molecule has 0 aliphatic carbocycles. The van der Waals surface area contributed by atoms with Gasteiger partial charge in [0.25, 0.3) is 0 Å². The number of carbonyl (C=O) groups is 1. The molecule has 1 rings (SSSR count). The van der Waals surface area contributed by atoms with E-state index in [-0.39, 0.29) is 18.0 Å². The van der Waals surface area contributed by atoms with Gasteiger partial charge in [-0.3, -0.25) is 4.79 Å². The number of hydrogen-bond donors (Lipinski definition) is 0. The van der Waals surface area contributed by atoms with Gasteiger partial charge in [-0.05, 0) is 24.6 Å². The highest BCUT2D eigenvalue weighted by Crippen LogP contribution is 2.22. The zero-order valence-corrected chi connectivity index (χ0v) is 10.5.